The van der Waals surface area contributed by atoms with E-state index < -0.39 is 23.0 Å². The third-order valence-corrected chi connectivity index (χ3v) is 7.65. The van der Waals surface area contributed by atoms with Crippen LogP contribution < -0.4 is 5.32 Å². The fourth-order valence-electron chi connectivity index (χ4n) is 6.51. The average molecular weight is 456 g/mol. The van der Waals surface area contributed by atoms with E-state index in [0.717, 1.165) is 38.2 Å². The number of halogens is 2. The van der Waals surface area contributed by atoms with Gasteiger partial charge in [-0.05, 0) is 79.7 Å². The summed E-state index contributed by atoms with van der Waals surface area (Å²) >= 11 is 0. The number of benzene rings is 2. The lowest BCUT2D eigenvalue weighted by atomic mass is 9.52. The maximum Gasteiger partial charge on any atom is 0.251 e. The molecular weight excluding hydrogens is 428 g/mol. The molecule has 0 aromatic heterocycles. The Labute approximate surface area is 191 Å². The summed E-state index contributed by atoms with van der Waals surface area (Å²) in [6, 6.07) is 8.00. The second kappa shape index (κ2) is 8.29. The minimum atomic E-state index is -1.19. The van der Waals surface area contributed by atoms with Crippen LogP contribution in [0.4, 0.5) is 8.78 Å². The first-order valence-corrected chi connectivity index (χ1v) is 11.4. The summed E-state index contributed by atoms with van der Waals surface area (Å²) in [5, 5.41) is 14.0. The molecule has 1 amide bonds. The van der Waals surface area contributed by atoms with Gasteiger partial charge in [0, 0.05) is 24.3 Å². The molecule has 33 heavy (non-hydrogen) atoms. The molecule has 5 nitrogen and oxygen atoms in total. The monoisotopic (exact) mass is 455 g/mol. The molecule has 4 aliphatic carbocycles. The third kappa shape index (κ3) is 3.97. The van der Waals surface area contributed by atoms with Gasteiger partial charge < -0.3 is 15.2 Å². The molecule has 6 rings (SSSR count). The van der Waals surface area contributed by atoms with Crippen molar-refractivity contribution in [2.75, 3.05) is 7.11 Å². The number of ketones is 1. The maximum atomic E-state index is 14.1. The van der Waals surface area contributed by atoms with Crippen molar-refractivity contribution in [2.45, 2.75) is 50.4 Å². The fourth-order valence-corrected chi connectivity index (χ4v) is 6.51. The Morgan fingerprint density at radius 2 is 1.82 bits per heavy atom. The zero-order valence-corrected chi connectivity index (χ0v) is 18.4. The van der Waals surface area contributed by atoms with E-state index in [1.54, 1.807) is 0 Å². The van der Waals surface area contributed by atoms with Gasteiger partial charge >= 0.3 is 0 Å². The Kier molecular flexibility index (Phi) is 5.57. The SMILES string of the molecule is COCc1cc(C(=O)c2cccc(F)c2F)ccc1C(=O)NC1C2CC3CC1CC(O)(C3)C2. The van der Waals surface area contributed by atoms with Crippen molar-refractivity contribution >= 4 is 11.7 Å². The van der Waals surface area contributed by atoms with Gasteiger partial charge in [-0.3, -0.25) is 9.59 Å². The van der Waals surface area contributed by atoms with Gasteiger partial charge in [0.1, 0.15) is 0 Å². The van der Waals surface area contributed by atoms with Crippen molar-refractivity contribution in [1.29, 1.82) is 0 Å². The minimum Gasteiger partial charge on any atom is -0.390 e. The molecule has 0 saturated heterocycles. The molecule has 4 fully saturated rings. The Balaban J connectivity index is 1.39. The molecule has 0 spiro atoms. The first kappa shape index (κ1) is 22.2. The molecular formula is C26H27F2NO4. The third-order valence-electron chi connectivity index (χ3n) is 7.65. The van der Waals surface area contributed by atoms with Crippen LogP contribution in [-0.4, -0.2) is 35.5 Å². The molecule has 4 bridgehead atoms. The van der Waals surface area contributed by atoms with Crippen LogP contribution in [0.1, 0.15) is 63.9 Å². The lowest BCUT2D eigenvalue weighted by molar-refractivity contribution is -0.136. The predicted molar refractivity (Wildman–Crippen MR) is 117 cm³/mol. The molecule has 2 unspecified atom stereocenters. The van der Waals surface area contributed by atoms with Crippen molar-refractivity contribution in [2.24, 2.45) is 17.8 Å². The highest BCUT2D eigenvalue weighted by molar-refractivity contribution is 6.10. The first-order chi connectivity index (χ1) is 15.8. The molecule has 2 atom stereocenters. The quantitative estimate of drug-likeness (QED) is 0.646. The van der Waals surface area contributed by atoms with Crippen molar-refractivity contribution < 1.29 is 28.2 Å². The molecule has 2 N–H and O–H groups in total. The Hall–Kier alpha value is -2.64. The van der Waals surface area contributed by atoms with E-state index in [9.17, 15) is 23.5 Å². The van der Waals surface area contributed by atoms with Crippen LogP contribution in [0.3, 0.4) is 0 Å². The van der Waals surface area contributed by atoms with Gasteiger partial charge in [0.25, 0.3) is 5.91 Å². The van der Waals surface area contributed by atoms with Crippen LogP contribution in [-0.2, 0) is 11.3 Å². The van der Waals surface area contributed by atoms with E-state index in [2.05, 4.69) is 5.32 Å². The number of carbonyl (C=O) groups excluding carboxylic acids is 2. The van der Waals surface area contributed by atoms with Gasteiger partial charge in [-0.2, -0.15) is 0 Å². The highest BCUT2D eigenvalue weighted by Gasteiger charge is 2.55. The van der Waals surface area contributed by atoms with Gasteiger partial charge in [-0.1, -0.05) is 12.1 Å². The topological polar surface area (TPSA) is 75.6 Å². The second-order valence-electron chi connectivity index (χ2n) is 9.93. The summed E-state index contributed by atoms with van der Waals surface area (Å²) in [6.45, 7) is 0.0921. The summed E-state index contributed by atoms with van der Waals surface area (Å²) in [5.41, 5.74) is 0.107. The number of nitrogens with one attached hydrogen (secondary N) is 1. The number of rotatable bonds is 6. The fraction of sp³-hybridized carbons (Fsp3) is 0.462. The standard InChI is InChI=1S/C26H27F2NO4/c1-33-13-18-9-15(24(30)20-3-2-4-21(27)22(20)28)5-6-19(18)25(31)29-23-16-7-14-8-17(23)12-26(32,10-14)11-16/h2-6,9,14,16-17,23,32H,7-8,10-13H2,1H3,(H,29,31). The second-order valence-corrected chi connectivity index (χ2v) is 9.93. The summed E-state index contributed by atoms with van der Waals surface area (Å²) < 4.78 is 32.9. The zero-order chi connectivity index (χ0) is 23.3. The van der Waals surface area contributed by atoms with E-state index >= 15 is 0 Å². The maximum absolute atomic E-state index is 14.1. The van der Waals surface area contributed by atoms with Crippen molar-refractivity contribution in [3.8, 4) is 0 Å². The molecule has 7 heteroatoms. The minimum absolute atomic E-state index is 0.0208. The van der Waals surface area contributed by atoms with E-state index in [4.69, 9.17) is 4.74 Å². The smallest absolute Gasteiger partial charge is 0.251 e. The summed E-state index contributed by atoms with van der Waals surface area (Å²) in [7, 11) is 1.49. The number of amides is 1. The van der Waals surface area contributed by atoms with Crippen molar-refractivity contribution in [3.63, 3.8) is 0 Å². The number of hydrogen-bond acceptors (Lipinski definition) is 4. The Morgan fingerprint density at radius 1 is 1.09 bits per heavy atom. The Morgan fingerprint density at radius 3 is 2.48 bits per heavy atom. The Bertz CT molecular complexity index is 1100. The van der Waals surface area contributed by atoms with Crippen molar-refractivity contribution in [3.05, 3.63) is 70.3 Å². The lowest BCUT2D eigenvalue weighted by Gasteiger charge is -2.58. The molecule has 0 aliphatic heterocycles. The predicted octanol–water partition coefficient (Wildman–Crippen LogP) is 4.01. The van der Waals surface area contributed by atoms with Gasteiger partial charge in [-0.15, -0.1) is 0 Å². The van der Waals surface area contributed by atoms with E-state index in [-0.39, 0.29) is 41.5 Å². The molecule has 4 aliphatic rings. The van der Waals surface area contributed by atoms with Crippen molar-refractivity contribution in [1.82, 2.24) is 5.32 Å². The molecule has 0 radical (unpaired) electrons. The highest BCUT2D eigenvalue weighted by atomic mass is 19.2. The van der Waals surface area contributed by atoms with E-state index in [1.807, 2.05) is 0 Å². The molecule has 174 valence electrons. The normalized spacial score (nSPS) is 29.8. The number of ether oxygens (including phenoxy) is 1. The van der Waals surface area contributed by atoms with Gasteiger partial charge in [-0.25, -0.2) is 8.78 Å². The molecule has 0 heterocycles. The van der Waals surface area contributed by atoms with Crippen LogP contribution in [0.25, 0.3) is 0 Å². The number of methoxy groups -OCH3 is 1. The van der Waals surface area contributed by atoms with E-state index in [1.165, 1.54) is 37.4 Å². The van der Waals surface area contributed by atoms with Crippen LogP contribution in [0.2, 0.25) is 0 Å². The zero-order valence-electron chi connectivity index (χ0n) is 18.4. The summed E-state index contributed by atoms with van der Waals surface area (Å²) in [6.07, 6.45) is 4.38. The molecule has 4 saturated carbocycles. The number of carbonyl (C=O) groups is 2. The van der Waals surface area contributed by atoms with Gasteiger partial charge in [0.15, 0.2) is 17.4 Å². The van der Waals surface area contributed by atoms with Crippen LogP contribution in [0.15, 0.2) is 36.4 Å². The average Bonchev–Trinajstić information content (AvgIpc) is 2.76. The van der Waals surface area contributed by atoms with Crippen LogP contribution in [0, 0.1) is 29.4 Å². The van der Waals surface area contributed by atoms with Crippen LogP contribution in [0.5, 0.6) is 0 Å². The number of aliphatic hydroxyl groups is 1. The number of hydrogen-bond donors (Lipinski definition) is 2. The largest absolute Gasteiger partial charge is 0.390 e. The summed E-state index contributed by atoms with van der Waals surface area (Å²) in [4.78, 5) is 26.0. The van der Waals surface area contributed by atoms with E-state index in [0.29, 0.717) is 17.0 Å². The van der Waals surface area contributed by atoms with Crippen LogP contribution >= 0.6 is 0 Å². The first-order valence-electron chi connectivity index (χ1n) is 11.4. The van der Waals surface area contributed by atoms with Gasteiger partial charge in [0.2, 0.25) is 0 Å². The lowest BCUT2D eigenvalue weighted by Crippen LogP contribution is -2.61. The molecule has 2 aromatic carbocycles. The summed E-state index contributed by atoms with van der Waals surface area (Å²) in [5.74, 6) is -2.11. The molecule has 2 aromatic rings. The highest BCUT2D eigenvalue weighted by Crippen LogP contribution is 2.55. The van der Waals surface area contributed by atoms with Gasteiger partial charge in [0.05, 0.1) is 17.8 Å².